The quantitative estimate of drug-likeness (QED) is 0.542. The fraction of sp³-hybridized carbons (Fsp3) is 0.667. The molecular weight excluding hydrogens is 164 g/mol. The summed E-state index contributed by atoms with van der Waals surface area (Å²) in [6.45, 7) is 0. The summed E-state index contributed by atoms with van der Waals surface area (Å²) in [5, 5.41) is 2.83. The Balaban J connectivity index is 2.18. The molecule has 0 aromatic heterocycles. The molecular formula is C9H16N4. The van der Waals surface area contributed by atoms with Gasteiger partial charge < -0.3 is 16.8 Å². The fourth-order valence-corrected chi connectivity index (χ4v) is 2.15. The minimum absolute atomic E-state index is 0.428. The average Bonchev–Trinajstić information content (AvgIpc) is 2.55. The van der Waals surface area contributed by atoms with Crippen molar-refractivity contribution in [3.8, 4) is 0 Å². The largest absolute Gasteiger partial charge is 0.370 e. The number of guanidine groups is 1. The molecule has 1 aliphatic carbocycles. The summed E-state index contributed by atoms with van der Waals surface area (Å²) in [7, 11) is 0. The van der Waals surface area contributed by atoms with E-state index in [4.69, 9.17) is 11.5 Å². The van der Waals surface area contributed by atoms with Gasteiger partial charge in [-0.2, -0.15) is 0 Å². The Kier molecular flexibility index (Phi) is 2.00. The molecule has 0 aromatic carbocycles. The molecule has 13 heavy (non-hydrogen) atoms. The second kappa shape index (κ2) is 3.03. The monoisotopic (exact) mass is 180 g/mol. The van der Waals surface area contributed by atoms with E-state index in [0.29, 0.717) is 11.9 Å². The maximum atomic E-state index is 6.16. The average molecular weight is 180 g/mol. The molecule has 0 aromatic rings. The van der Waals surface area contributed by atoms with Crippen molar-refractivity contribution in [1.29, 1.82) is 0 Å². The van der Waals surface area contributed by atoms with Crippen molar-refractivity contribution >= 4 is 5.96 Å². The van der Waals surface area contributed by atoms with Crippen molar-refractivity contribution in [2.24, 2.45) is 22.4 Å². The van der Waals surface area contributed by atoms with Gasteiger partial charge in [-0.05, 0) is 18.9 Å². The topological polar surface area (TPSA) is 76.4 Å². The highest BCUT2D eigenvalue weighted by Crippen LogP contribution is 2.34. The Morgan fingerprint density at radius 1 is 1.46 bits per heavy atom. The van der Waals surface area contributed by atoms with Gasteiger partial charge in [0.2, 0.25) is 0 Å². The van der Waals surface area contributed by atoms with Crippen LogP contribution in [0, 0.1) is 5.92 Å². The highest BCUT2D eigenvalue weighted by atomic mass is 15.2. The first-order valence-electron chi connectivity index (χ1n) is 4.79. The molecule has 1 heterocycles. The number of nitrogens with one attached hydrogen (secondary N) is 1. The summed E-state index contributed by atoms with van der Waals surface area (Å²) in [4.78, 5) is 4.27. The summed E-state index contributed by atoms with van der Waals surface area (Å²) >= 11 is 0. The van der Waals surface area contributed by atoms with Crippen LogP contribution in [0.2, 0.25) is 0 Å². The van der Waals surface area contributed by atoms with Gasteiger partial charge in [0, 0.05) is 12.1 Å². The molecule has 0 radical (unpaired) electrons. The Labute approximate surface area is 78.1 Å². The van der Waals surface area contributed by atoms with Crippen molar-refractivity contribution in [1.82, 2.24) is 5.32 Å². The lowest BCUT2D eigenvalue weighted by molar-refractivity contribution is 0.347. The molecule has 2 rings (SSSR count). The Morgan fingerprint density at radius 3 is 2.77 bits per heavy atom. The van der Waals surface area contributed by atoms with Crippen LogP contribution in [0.5, 0.6) is 0 Å². The SMILES string of the molecule is NC1=NC(N)(C2CCCC2)C=CN1. The molecule has 1 aliphatic heterocycles. The molecule has 0 bridgehead atoms. The van der Waals surface area contributed by atoms with Gasteiger partial charge in [0.05, 0.1) is 0 Å². The zero-order valence-electron chi connectivity index (χ0n) is 7.66. The van der Waals surface area contributed by atoms with Gasteiger partial charge in [0.15, 0.2) is 5.96 Å². The second-order valence-corrected chi connectivity index (χ2v) is 3.84. The third-order valence-electron chi connectivity index (χ3n) is 2.90. The lowest BCUT2D eigenvalue weighted by atomic mass is 9.91. The summed E-state index contributed by atoms with van der Waals surface area (Å²) < 4.78 is 0. The molecule has 5 N–H and O–H groups in total. The van der Waals surface area contributed by atoms with E-state index in [1.165, 1.54) is 12.8 Å². The molecule has 1 fully saturated rings. The van der Waals surface area contributed by atoms with Crippen LogP contribution >= 0.6 is 0 Å². The molecule has 4 heteroatoms. The van der Waals surface area contributed by atoms with Crippen LogP contribution in [0.4, 0.5) is 0 Å². The van der Waals surface area contributed by atoms with E-state index in [1.54, 1.807) is 6.20 Å². The summed E-state index contributed by atoms with van der Waals surface area (Å²) in [6, 6.07) is 0. The van der Waals surface area contributed by atoms with E-state index in [2.05, 4.69) is 10.3 Å². The number of rotatable bonds is 1. The molecule has 0 amide bonds. The first-order valence-corrected chi connectivity index (χ1v) is 4.79. The van der Waals surface area contributed by atoms with Crippen molar-refractivity contribution in [2.75, 3.05) is 0 Å². The molecule has 0 spiro atoms. The fourth-order valence-electron chi connectivity index (χ4n) is 2.15. The Hall–Kier alpha value is -1.03. The van der Waals surface area contributed by atoms with Crippen LogP contribution in [-0.2, 0) is 0 Å². The van der Waals surface area contributed by atoms with E-state index >= 15 is 0 Å². The van der Waals surface area contributed by atoms with Crippen molar-refractivity contribution in [3.63, 3.8) is 0 Å². The second-order valence-electron chi connectivity index (χ2n) is 3.84. The third kappa shape index (κ3) is 1.54. The van der Waals surface area contributed by atoms with Gasteiger partial charge >= 0.3 is 0 Å². The van der Waals surface area contributed by atoms with Crippen LogP contribution < -0.4 is 16.8 Å². The minimum Gasteiger partial charge on any atom is -0.370 e. The predicted octanol–water partition coefficient (Wildman–Crippen LogP) is 0.263. The van der Waals surface area contributed by atoms with Gasteiger partial charge in [-0.1, -0.05) is 12.8 Å². The predicted molar refractivity (Wildman–Crippen MR) is 52.8 cm³/mol. The summed E-state index contributed by atoms with van der Waals surface area (Å²) in [6.07, 6.45) is 8.57. The number of aliphatic imine (C=N–C) groups is 1. The number of hydrogen-bond donors (Lipinski definition) is 3. The van der Waals surface area contributed by atoms with E-state index in [0.717, 1.165) is 12.8 Å². The standard InChI is InChI=1S/C9H16N4/c10-8-12-6-5-9(11,13-8)7-3-1-2-4-7/h5-7H,1-4,11H2,(H3,10,12,13). The zero-order valence-corrected chi connectivity index (χ0v) is 7.66. The summed E-state index contributed by atoms with van der Waals surface area (Å²) in [5.74, 6) is 0.890. The van der Waals surface area contributed by atoms with Gasteiger partial charge in [-0.25, -0.2) is 4.99 Å². The lowest BCUT2D eigenvalue weighted by Crippen LogP contribution is -2.48. The smallest absolute Gasteiger partial charge is 0.194 e. The highest BCUT2D eigenvalue weighted by molar-refractivity contribution is 5.80. The Bertz CT molecular complexity index is 252. The van der Waals surface area contributed by atoms with Crippen molar-refractivity contribution < 1.29 is 0 Å². The molecule has 72 valence electrons. The maximum absolute atomic E-state index is 6.16. The van der Waals surface area contributed by atoms with E-state index in [1.807, 2.05) is 6.08 Å². The van der Waals surface area contributed by atoms with Crippen LogP contribution in [0.25, 0.3) is 0 Å². The molecule has 1 unspecified atom stereocenters. The van der Waals surface area contributed by atoms with Crippen LogP contribution in [-0.4, -0.2) is 11.6 Å². The number of nitrogens with two attached hydrogens (primary N) is 2. The minimum atomic E-state index is -0.550. The first-order chi connectivity index (χ1) is 6.21. The number of nitrogens with zero attached hydrogens (tertiary/aromatic N) is 1. The van der Waals surface area contributed by atoms with Crippen LogP contribution in [0.3, 0.4) is 0 Å². The van der Waals surface area contributed by atoms with Crippen molar-refractivity contribution in [2.45, 2.75) is 31.3 Å². The normalized spacial score (nSPS) is 34.4. The van der Waals surface area contributed by atoms with Crippen molar-refractivity contribution in [3.05, 3.63) is 12.3 Å². The van der Waals surface area contributed by atoms with E-state index in [9.17, 15) is 0 Å². The van der Waals surface area contributed by atoms with Gasteiger partial charge in [-0.3, -0.25) is 0 Å². The lowest BCUT2D eigenvalue weighted by Gasteiger charge is -2.30. The molecule has 2 aliphatic rings. The highest BCUT2D eigenvalue weighted by Gasteiger charge is 2.35. The number of hydrogen-bond acceptors (Lipinski definition) is 4. The van der Waals surface area contributed by atoms with Gasteiger partial charge in [-0.15, -0.1) is 0 Å². The van der Waals surface area contributed by atoms with Crippen LogP contribution in [0.15, 0.2) is 17.3 Å². The molecule has 1 saturated carbocycles. The Morgan fingerprint density at radius 2 is 2.15 bits per heavy atom. The molecule has 1 atom stereocenters. The zero-order chi connectivity index (χ0) is 9.31. The molecule has 0 saturated heterocycles. The first kappa shape index (κ1) is 8.56. The third-order valence-corrected chi connectivity index (χ3v) is 2.90. The van der Waals surface area contributed by atoms with E-state index < -0.39 is 5.66 Å². The van der Waals surface area contributed by atoms with Gasteiger partial charge in [0.25, 0.3) is 0 Å². The van der Waals surface area contributed by atoms with Crippen LogP contribution in [0.1, 0.15) is 25.7 Å². The van der Waals surface area contributed by atoms with Gasteiger partial charge in [0.1, 0.15) is 5.66 Å². The maximum Gasteiger partial charge on any atom is 0.194 e. The molecule has 4 nitrogen and oxygen atoms in total. The van der Waals surface area contributed by atoms with E-state index in [-0.39, 0.29) is 0 Å². The summed E-state index contributed by atoms with van der Waals surface area (Å²) in [5.41, 5.74) is 11.2.